The topological polar surface area (TPSA) is 48.7 Å². The fourth-order valence-corrected chi connectivity index (χ4v) is 3.78. The molecule has 1 aromatic heterocycles. The Balaban J connectivity index is 1.53. The third-order valence-electron chi connectivity index (χ3n) is 5.49. The van der Waals surface area contributed by atoms with Gasteiger partial charge in [-0.25, -0.2) is 4.98 Å². The molecule has 3 rings (SSSR count). The number of likely N-dealkylation sites (N-methyl/N-ethyl adjacent to an activating group) is 1. The monoisotopic (exact) mass is 332 g/mol. The van der Waals surface area contributed by atoms with Crippen molar-refractivity contribution in [3.05, 3.63) is 18.7 Å². The first-order valence-electron chi connectivity index (χ1n) is 9.40. The third-order valence-corrected chi connectivity index (χ3v) is 5.49. The molecular formula is C18H32N6. The van der Waals surface area contributed by atoms with E-state index in [9.17, 15) is 0 Å². The molecule has 1 saturated carbocycles. The summed E-state index contributed by atoms with van der Waals surface area (Å²) in [4.78, 5) is 13.7. The van der Waals surface area contributed by atoms with Gasteiger partial charge in [-0.15, -0.1) is 0 Å². The van der Waals surface area contributed by atoms with Gasteiger partial charge in [0.25, 0.3) is 0 Å². The fraction of sp³-hybridized carbons (Fsp3) is 0.778. The summed E-state index contributed by atoms with van der Waals surface area (Å²) in [7, 11) is 1.89. The first-order valence-corrected chi connectivity index (χ1v) is 9.40. The number of aliphatic imine (C=N–C) groups is 1. The second-order valence-electron chi connectivity index (χ2n) is 7.12. The van der Waals surface area contributed by atoms with Gasteiger partial charge in [0.15, 0.2) is 5.96 Å². The maximum atomic E-state index is 4.52. The Morgan fingerprint density at radius 2 is 2.21 bits per heavy atom. The Bertz CT molecular complexity index is 522. The van der Waals surface area contributed by atoms with Crippen LogP contribution in [0.1, 0.15) is 39.2 Å². The predicted molar refractivity (Wildman–Crippen MR) is 98.2 cm³/mol. The van der Waals surface area contributed by atoms with Crippen LogP contribution in [0.4, 0.5) is 0 Å². The van der Waals surface area contributed by atoms with Gasteiger partial charge in [0.05, 0.1) is 12.4 Å². The molecule has 2 aliphatic rings. The number of hydrogen-bond acceptors (Lipinski definition) is 3. The van der Waals surface area contributed by atoms with Crippen LogP contribution in [0, 0.1) is 5.92 Å². The van der Waals surface area contributed by atoms with E-state index in [2.05, 4.69) is 49.7 Å². The van der Waals surface area contributed by atoms with Crippen molar-refractivity contribution in [3.63, 3.8) is 0 Å². The largest absolute Gasteiger partial charge is 0.355 e. The lowest BCUT2D eigenvalue weighted by molar-refractivity contribution is 0.188. The Hall–Kier alpha value is -1.56. The van der Waals surface area contributed by atoms with Crippen LogP contribution in [-0.4, -0.2) is 71.1 Å². The van der Waals surface area contributed by atoms with E-state index >= 15 is 0 Å². The normalized spacial score (nSPS) is 25.3. The van der Waals surface area contributed by atoms with Crippen molar-refractivity contribution < 1.29 is 0 Å². The number of aromatic nitrogens is 2. The van der Waals surface area contributed by atoms with Crippen LogP contribution in [0.25, 0.3) is 0 Å². The van der Waals surface area contributed by atoms with Crippen molar-refractivity contribution in [3.8, 4) is 0 Å². The van der Waals surface area contributed by atoms with E-state index in [1.165, 1.54) is 19.3 Å². The number of hydrogen-bond donors (Lipinski definition) is 1. The van der Waals surface area contributed by atoms with Crippen LogP contribution in [0.5, 0.6) is 0 Å². The number of guanidine groups is 1. The smallest absolute Gasteiger partial charge is 0.193 e. The number of imidazole rings is 1. The van der Waals surface area contributed by atoms with E-state index in [0.717, 1.165) is 44.7 Å². The first kappa shape index (κ1) is 17.3. The molecule has 2 atom stereocenters. The van der Waals surface area contributed by atoms with Gasteiger partial charge in [0.2, 0.25) is 0 Å². The highest BCUT2D eigenvalue weighted by molar-refractivity contribution is 5.80. The molecular weight excluding hydrogens is 300 g/mol. The minimum atomic E-state index is 0.471. The molecule has 0 spiro atoms. The van der Waals surface area contributed by atoms with E-state index in [1.54, 1.807) is 0 Å². The highest BCUT2D eigenvalue weighted by Crippen LogP contribution is 2.27. The minimum Gasteiger partial charge on any atom is -0.355 e. The molecule has 134 valence electrons. The molecule has 1 aromatic rings. The molecule has 0 radical (unpaired) electrons. The lowest BCUT2D eigenvalue weighted by Crippen LogP contribution is -2.50. The molecule has 6 heteroatoms. The summed E-state index contributed by atoms with van der Waals surface area (Å²) in [6.07, 6.45) is 9.83. The molecule has 1 saturated heterocycles. The van der Waals surface area contributed by atoms with Crippen LogP contribution in [-0.2, 0) is 0 Å². The van der Waals surface area contributed by atoms with Crippen LogP contribution in [0.15, 0.2) is 23.7 Å². The van der Waals surface area contributed by atoms with Crippen molar-refractivity contribution >= 4 is 5.96 Å². The van der Waals surface area contributed by atoms with Gasteiger partial charge in [-0.1, -0.05) is 13.8 Å². The molecule has 1 aliphatic heterocycles. The van der Waals surface area contributed by atoms with Gasteiger partial charge in [-0.3, -0.25) is 9.89 Å². The van der Waals surface area contributed by atoms with Gasteiger partial charge in [0.1, 0.15) is 0 Å². The van der Waals surface area contributed by atoms with E-state index in [4.69, 9.17) is 0 Å². The molecule has 6 nitrogen and oxygen atoms in total. The number of likely N-dealkylation sites (tertiary alicyclic amines) is 1. The van der Waals surface area contributed by atoms with Gasteiger partial charge >= 0.3 is 0 Å². The molecule has 2 fully saturated rings. The summed E-state index contributed by atoms with van der Waals surface area (Å²) < 4.78 is 2.25. The second-order valence-corrected chi connectivity index (χ2v) is 7.12. The van der Waals surface area contributed by atoms with Crippen LogP contribution in [0.3, 0.4) is 0 Å². The highest BCUT2D eigenvalue weighted by atomic mass is 15.3. The molecule has 1 N–H and O–H groups in total. The van der Waals surface area contributed by atoms with Gasteiger partial charge in [0, 0.05) is 51.7 Å². The Labute approximate surface area is 145 Å². The average molecular weight is 332 g/mol. The van der Waals surface area contributed by atoms with Crippen LogP contribution >= 0.6 is 0 Å². The fourth-order valence-electron chi connectivity index (χ4n) is 3.78. The molecule has 2 heterocycles. The van der Waals surface area contributed by atoms with E-state index in [1.807, 2.05) is 19.6 Å². The van der Waals surface area contributed by atoms with Gasteiger partial charge in [-0.05, 0) is 31.7 Å². The Kier molecular flexibility index (Phi) is 5.76. The Morgan fingerprint density at radius 3 is 2.83 bits per heavy atom. The molecule has 24 heavy (non-hydrogen) atoms. The summed E-state index contributed by atoms with van der Waals surface area (Å²) in [6.45, 7) is 9.90. The molecule has 1 aliphatic carbocycles. The van der Waals surface area contributed by atoms with Crippen LogP contribution in [0.2, 0.25) is 0 Å². The van der Waals surface area contributed by atoms with Crippen molar-refractivity contribution in [1.82, 2.24) is 24.7 Å². The summed E-state index contributed by atoms with van der Waals surface area (Å²) in [5.74, 6) is 1.71. The number of piperidine rings is 1. The third kappa shape index (κ3) is 4.09. The standard InChI is InChI=1S/C18H32N6/c1-4-22(16-5-6-16)12-9-21-18(19-3)23-10-7-15(2)17(13-23)24-11-8-20-14-24/h8,11,14-17H,4-7,9-10,12-13H2,1-3H3,(H,19,21). The average Bonchev–Trinajstić information content (AvgIpc) is 3.29. The maximum Gasteiger partial charge on any atom is 0.193 e. The highest BCUT2D eigenvalue weighted by Gasteiger charge is 2.29. The van der Waals surface area contributed by atoms with E-state index in [0.29, 0.717) is 12.0 Å². The minimum absolute atomic E-state index is 0.471. The van der Waals surface area contributed by atoms with Crippen LogP contribution < -0.4 is 5.32 Å². The lowest BCUT2D eigenvalue weighted by Gasteiger charge is -2.39. The number of nitrogens with one attached hydrogen (secondary N) is 1. The zero-order valence-corrected chi connectivity index (χ0v) is 15.4. The molecule has 2 unspecified atom stereocenters. The first-order chi connectivity index (χ1) is 11.7. The maximum absolute atomic E-state index is 4.52. The van der Waals surface area contributed by atoms with E-state index in [-0.39, 0.29) is 0 Å². The van der Waals surface area contributed by atoms with Crippen molar-refractivity contribution in [2.75, 3.05) is 39.8 Å². The quantitative estimate of drug-likeness (QED) is 0.638. The van der Waals surface area contributed by atoms with Gasteiger partial charge < -0.3 is 14.8 Å². The van der Waals surface area contributed by atoms with Crippen molar-refractivity contribution in [1.29, 1.82) is 0 Å². The predicted octanol–water partition coefficient (Wildman–Crippen LogP) is 1.83. The summed E-state index contributed by atoms with van der Waals surface area (Å²) in [5.41, 5.74) is 0. The lowest BCUT2D eigenvalue weighted by atomic mass is 9.93. The zero-order valence-electron chi connectivity index (χ0n) is 15.4. The Morgan fingerprint density at radius 1 is 1.38 bits per heavy atom. The van der Waals surface area contributed by atoms with Crippen molar-refractivity contribution in [2.24, 2.45) is 10.9 Å². The van der Waals surface area contributed by atoms with Gasteiger partial charge in [-0.2, -0.15) is 0 Å². The molecule has 0 amide bonds. The second kappa shape index (κ2) is 8.01. The summed E-state index contributed by atoms with van der Waals surface area (Å²) in [5, 5.41) is 3.58. The zero-order chi connectivity index (χ0) is 16.9. The molecule has 0 bridgehead atoms. The molecule has 0 aromatic carbocycles. The number of rotatable bonds is 6. The van der Waals surface area contributed by atoms with Crippen molar-refractivity contribution in [2.45, 2.75) is 45.2 Å². The van der Waals surface area contributed by atoms with E-state index < -0.39 is 0 Å². The SMILES string of the molecule is CCN(CCNC(=NC)N1CCC(C)C(n2ccnc2)C1)C1CC1. The summed E-state index contributed by atoms with van der Waals surface area (Å²) in [6, 6.07) is 1.30. The summed E-state index contributed by atoms with van der Waals surface area (Å²) >= 11 is 0. The number of nitrogens with zero attached hydrogens (tertiary/aromatic N) is 5.